The van der Waals surface area contributed by atoms with Crippen molar-refractivity contribution in [3.05, 3.63) is 10.4 Å². The summed E-state index contributed by atoms with van der Waals surface area (Å²) in [6.45, 7) is 6.40. The maximum Gasteiger partial charge on any atom is 0.315 e. The van der Waals surface area contributed by atoms with E-state index < -0.39 is 0 Å². The Bertz CT molecular complexity index is 718. The average Bonchev–Trinajstić information content (AvgIpc) is 3.48. The number of azide groups is 1. The SMILES string of the molecule is [N-]=[N+]=NCCOCCOCCOCCOCCOCCOCCNC(=O)CCCCC1SC[C@H]2NC(=O)N[C@@H]12. The Morgan fingerprint density at radius 2 is 1.44 bits per heavy atom. The first-order chi connectivity index (χ1) is 19.2. The molecule has 0 aromatic heterocycles. The second kappa shape index (κ2) is 22.9. The van der Waals surface area contributed by atoms with Crippen LogP contribution in [0.5, 0.6) is 0 Å². The number of amides is 3. The van der Waals surface area contributed by atoms with Crippen molar-refractivity contribution in [2.24, 2.45) is 5.11 Å². The second-order valence-electron chi connectivity index (χ2n) is 8.85. The molecule has 2 aliphatic rings. The Labute approximate surface area is 234 Å². The highest BCUT2D eigenvalue weighted by molar-refractivity contribution is 8.00. The number of fused-ring (bicyclic) bond motifs is 1. The number of thioether (sulfide) groups is 1. The van der Waals surface area contributed by atoms with Crippen molar-refractivity contribution in [2.75, 3.05) is 98.1 Å². The molecule has 2 rings (SSSR count). The van der Waals surface area contributed by atoms with E-state index in [0.717, 1.165) is 25.0 Å². The standard InChI is InChI=1S/C24H44N6O8S/c25-30-27-6-8-34-10-12-36-14-16-38-18-17-37-15-13-35-11-9-33-7-5-26-22(31)4-2-1-3-21-23-20(19-39-21)28-24(32)29-23/h20-21,23H,1-19H2,(H,26,31)(H2,28,29,32)/t20-,21?,23-/m1/s1. The first kappa shape index (κ1) is 33.4. The van der Waals surface area contributed by atoms with E-state index >= 15 is 0 Å². The molecule has 0 spiro atoms. The third-order valence-corrected chi connectivity index (χ3v) is 7.42. The smallest absolute Gasteiger partial charge is 0.315 e. The molecule has 0 aromatic rings. The monoisotopic (exact) mass is 576 g/mol. The maximum absolute atomic E-state index is 12.0. The van der Waals surface area contributed by atoms with Gasteiger partial charge in [0.2, 0.25) is 5.91 Å². The lowest BCUT2D eigenvalue weighted by Crippen LogP contribution is -2.36. The predicted molar refractivity (Wildman–Crippen MR) is 146 cm³/mol. The number of rotatable bonds is 26. The van der Waals surface area contributed by atoms with Gasteiger partial charge in [-0.25, -0.2) is 4.79 Å². The van der Waals surface area contributed by atoms with E-state index in [4.69, 9.17) is 34.0 Å². The molecule has 3 amide bonds. The molecule has 14 nitrogen and oxygen atoms in total. The van der Waals surface area contributed by atoms with Crippen LogP contribution in [0.3, 0.4) is 0 Å². The van der Waals surface area contributed by atoms with E-state index in [9.17, 15) is 9.59 Å². The zero-order valence-electron chi connectivity index (χ0n) is 22.7. The number of ether oxygens (including phenoxy) is 6. The molecule has 2 heterocycles. The number of hydrogen-bond donors (Lipinski definition) is 3. The Hall–Kier alpha value is -1.84. The van der Waals surface area contributed by atoms with E-state index in [1.54, 1.807) is 0 Å². The van der Waals surface area contributed by atoms with Gasteiger partial charge in [-0.3, -0.25) is 4.79 Å². The van der Waals surface area contributed by atoms with Crippen LogP contribution in [-0.4, -0.2) is 127 Å². The molecule has 0 aromatic carbocycles. The molecule has 224 valence electrons. The molecular formula is C24H44N6O8S. The molecule has 3 atom stereocenters. The van der Waals surface area contributed by atoms with Gasteiger partial charge in [-0.2, -0.15) is 11.8 Å². The summed E-state index contributed by atoms with van der Waals surface area (Å²) in [7, 11) is 0. The molecule has 15 heteroatoms. The van der Waals surface area contributed by atoms with Crippen molar-refractivity contribution >= 4 is 23.7 Å². The molecule has 2 aliphatic heterocycles. The zero-order valence-corrected chi connectivity index (χ0v) is 23.5. The maximum atomic E-state index is 12.0. The summed E-state index contributed by atoms with van der Waals surface area (Å²) < 4.78 is 32.3. The van der Waals surface area contributed by atoms with Gasteiger partial charge in [0, 0.05) is 35.4 Å². The van der Waals surface area contributed by atoms with Crippen LogP contribution < -0.4 is 16.0 Å². The lowest BCUT2D eigenvalue weighted by molar-refractivity contribution is -0.121. The zero-order chi connectivity index (χ0) is 27.8. The second-order valence-corrected chi connectivity index (χ2v) is 10.1. The number of nitrogens with zero attached hydrogens (tertiary/aromatic N) is 3. The molecule has 3 N–H and O–H groups in total. The molecule has 0 radical (unpaired) electrons. The summed E-state index contributed by atoms with van der Waals surface area (Å²) in [6.07, 6.45) is 3.34. The van der Waals surface area contributed by atoms with Gasteiger partial charge in [0.1, 0.15) is 0 Å². The van der Waals surface area contributed by atoms with Crippen LogP contribution >= 0.6 is 11.8 Å². The Balaban J connectivity index is 1.22. The van der Waals surface area contributed by atoms with Gasteiger partial charge in [-0.15, -0.1) is 0 Å². The van der Waals surface area contributed by atoms with Gasteiger partial charge in [0.25, 0.3) is 0 Å². The van der Waals surface area contributed by atoms with Crippen LogP contribution in [0.4, 0.5) is 4.79 Å². The van der Waals surface area contributed by atoms with Gasteiger partial charge >= 0.3 is 6.03 Å². The molecule has 2 saturated heterocycles. The summed E-state index contributed by atoms with van der Waals surface area (Å²) in [4.78, 5) is 26.0. The van der Waals surface area contributed by atoms with Crippen molar-refractivity contribution in [1.82, 2.24) is 16.0 Å². The van der Waals surface area contributed by atoms with E-state index in [1.807, 2.05) is 11.8 Å². The van der Waals surface area contributed by atoms with Crippen LogP contribution in [0.1, 0.15) is 25.7 Å². The van der Waals surface area contributed by atoms with Crippen molar-refractivity contribution < 1.29 is 38.0 Å². The summed E-state index contributed by atoms with van der Waals surface area (Å²) in [5, 5.41) is 12.6. The summed E-state index contributed by atoms with van der Waals surface area (Å²) in [6, 6.07) is 0.414. The van der Waals surface area contributed by atoms with Crippen molar-refractivity contribution in [3.8, 4) is 0 Å². The van der Waals surface area contributed by atoms with Gasteiger partial charge in [-0.05, 0) is 18.4 Å². The van der Waals surface area contributed by atoms with E-state index in [2.05, 4.69) is 26.0 Å². The molecule has 0 saturated carbocycles. The average molecular weight is 577 g/mol. The highest BCUT2D eigenvalue weighted by Crippen LogP contribution is 2.33. The minimum atomic E-state index is -0.0604. The van der Waals surface area contributed by atoms with Crippen LogP contribution in [0.15, 0.2) is 5.11 Å². The van der Waals surface area contributed by atoms with Crippen LogP contribution in [-0.2, 0) is 33.2 Å². The third kappa shape index (κ3) is 16.8. The molecule has 2 fully saturated rings. The molecule has 0 aliphatic carbocycles. The van der Waals surface area contributed by atoms with E-state index in [-0.39, 0.29) is 24.0 Å². The van der Waals surface area contributed by atoms with E-state index in [1.165, 1.54) is 0 Å². The number of nitrogens with one attached hydrogen (secondary N) is 3. The minimum Gasteiger partial charge on any atom is -0.379 e. The predicted octanol–water partition coefficient (Wildman–Crippen LogP) is 1.24. The number of carbonyl (C=O) groups excluding carboxylic acids is 2. The Kier molecular flexibility index (Phi) is 19.6. The summed E-state index contributed by atoms with van der Waals surface area (Å²) >= 11 is 1.90. The molecule has 1 unspecified atom stereocenters. The lowest BCUT2D eigenvalue weighted by Gasteiger charge is -2.16. The summed E-state index contributed by atoms with van der Waals surface area (Å²) in [5.41, 5.74) is 8.12. The Morgan fingerprint density at radius 1 is 0.872 bits per heavy atom. The fourth-order valence-electron chi connectivity index (χ4n) is 3.98. The normalized spacial score (nSPS) is 19.8. The molecule has 39 heavy (non-hydrogen) atoms. The molecular weight excluding hydrogens is 532 g/mol. The highest BCUT2D eigenvalue weighted by Gasteiger charge is 2.42. The lowest BCUT2D eigenvalue weighted by atomic mass is 10.0. The van der Waals surface area contributed by atoms with Crippen molar-refractivity contribution in [2.45, 2.75) is 43.0 Å². The van der Waals surface area contributed by atoms with Crippen molar-refractivity contribution in [1.29, 1.82) is 0 Å². The fraction of sp³-hybridized carbons (Fsp3) is 0.917. The van der Waals surface area contributed by atoms with Crippen LogP contribution in [0.25, 0.3) is 10.4 Å². The Morgan fingerprint density at radius 3 is 2.03 bits per heavy atom. The largest absolute Gasteiger partial charge is 0.379 e. The van der Waals surface area contributed by atoms with Gasteiger partial charge in [-0.1, -0.05) is 11.5 Å². The minimum absolute atomic E-state index is 0.0428. The summed E-state index contributed by atoms with van der Waals surface area (Å²) in [5.74, 6) is 1.00. The van der Waals surface area contributed by atoms with Crippen molar-refractivity contribution in [3.63, 3.8) is 0 Å². The van der Waals surface area contributed by atoms with Gasteiger partial charge < -0.3 is 44.4 Å². The number of hydrogen-bond acceptors (Lipinski definition) is 10. The quantitative estimate of drug-likeness (QED) is 0.0450. The highest BCUT2D eigenvalue weighted by atomic mass is 32.2. The topological polar surface area (TPSA) is 174 Å². The van der Waals surface area contributed by atoms with Crippen LogP contribution in [0.2, 0.25) is 0 Å². The first-order valence-electron chi connectivity index (χ1n) is 13.6. The first-order valence-corrected chi connectivity index (χ1v) is 14.7. The van der Waals surface area contributed by atoms with Crippen LogP contribution in [0, 0.1) is 0 Å². The number of unbranched alkanes of at least 4 members (excludes halogenated alkanes) is 1. The number of carbonyl (C=O) groups is 2. The van der Waals surface area contributed by atoms with Gasteiger partial charge in [0.15, 0.2) is 0 Å². The van der Waals surface area contributed by atoms with Gasteiger partial charge in [0.05, 0.1) is 91.4 Å². The molecule has 0 bridgehead atoms. The van der Waals surface area contributed by atoms with E-state index in [0.29, 0.717) is 104 Å². The fourth-order valence-corrected chi connectivity index (χ4v) is 5.52. The number of urea groups is 1. The third-order valence-electron chi connectivity index (χ3n) is 5.91.